The Hall–Kier alpha value is -4.25. The van der Waals surface area contributed by atoms with Crippen LogP contribution in [0.2, 0.25) is 0 Å². The average molecular weight is 422 g/mol. The van der Waals surface area contributed by atoms with Crippen LogP contribution in [0.1, 0.15) is 5.56 Å². The molecule has 0 aliphatic rings. The summed E-state index contributed by atoms with van der Waals surface area (Å²) in [6.45, 7) is 0.548. The van der Waals surface area contributed by atoms with Crippen LogP contribution in [0.3, 0.4) is 0 Å². The Bertz CT molecular complexity index is 1330. The molecule has 0 radical (unpaired) electrons. The lowest BCUT2D eigenvalue weighted by atomic mass is 10.2. The minimum absolute atomic E-state index is 0.548. The number of pyridine rings is 1. The molecular formula is C27H23N3O2. The predicted molar refractivity (Wildman–Crippen MR) is 129 cm³/mol. The molecule has 0 aliphatic heterocycles. The SMILES string of the molecule is COc1ccc(Nc2cncc(-c3cc4cc(OCc5ccccc5)ccc4[nH]3)c2)cc1. The van der Waals surface area contributed by atoms with E-state index < -0.39 is 0 Å². The first-order valence-electron chi connectivity index (χ1n) is 10.4. The number of hydrogen-bond acceptors (Lipinski definition) is 4. The van der Waals surface area contributed by atoms with E-state index in [2.05, 4.69) is 45.6 Å². The molecule has 5 heteroatoms. The van der Waals surface area contributed by atoms with Gasteiger partial charge < -0.3 is 19.8 Å². The lowest BCUT2D eigenvalue weighted by Gasteiger charge is -2.08. The highest BCUT2D eigenvalue weighted by Crippen LogP contribution is 2.29. The van der Waals surface area contributed by atoms with Gasteiger partial charge in [-0.15, -0.1) is 0 Å². The monoisotopic (exact) mass is 421 g/mol. The van der Waals surface area contributed by atoms with E-state index >= 15 is 0 Å². The van der Waals surface area contributed by atoms with Crippen LogP contribution in [0.25, 0.3) is 22.2 Å². The molecule has 2 aromatic heterocycles. The molecule has 0 saturated heterocycles. The van der Waals surface area contributed by atoms with Gasteiger partial charge in [0.05, 0.1) is 19.0 Å². The zero-order valence-corrected chi connectivity index (χ0v) is 17.7. The van der Waals surface area contributed by atoms with Gasteiger partial charge in [-0.1, -0.05) is 30.3 Å². The lowest BCUT2D eigenvalue weighted by Crippen LogP contribution is -1.94. The summed E-state index contributed by atoms with van der Waals surface area (Å²) in [6.07, 6.45) is 3.67. The first-order chi connectivity index (χ1) is 15.8. The van der Waals surface area contributed by atoms with Crippen LogP contribution in [0.15, 0.2) is 97.3 Å². The van der Waals surface area contributed by atoms with Crippen LogP contribution in [0.4, 0.5) is 11.4 Å². The number of H-pyrrole nitrogens is 1. The molecule has 5 rings (SSSR count). The lowest BCUT2D eigenvalue weighted by molar-refractivity contribution is 0.306. The van der Waals surface area contributed by atoms with Gasteiger partial charge in [0.2, 0.25) is 0 Å². The summed E-state index contributed by atoms with van der Waals surface area (Å²) in [5.74, 6) is 1.67. The van der Waals surface area contributed by atoms with Crippen LogP contribution in [-0.4, -0.2) is 17.1 Å². The van der Waals surface area contributed by atoms with E-state index in [1.165, 1.54) is 0 Å². The smallest absolute Gasteiger partial charge is 0.120 e. The third kappa shape index (κ3) is 4.42. The number of benzene rings is 3. The van der Waals surface area contributed by atoms with Crippen molar-refractivity contribution >= 4 is 22.3 Å². The van der Waals surface area contributed by atoms with Crippen molar-refractivity contribution < 1.29 is 9.47 Å². The number of anilines is 2. The van der Waals surface area contributed by atoms with Crippen molar-refractivity contribution in [1.82, 2.24) is 9.97 Å². The molecule has 0 bridgehead atoms. The largest absolute Gasteiger partial charge is 0.497 e. The Morgan fingerprint density at radius 1 is 0.812 bits per heavy atom. The average Bonchev–Trinajstić information content (AvgIpc) is 3.28. The molecule has 0 spiro atoms. The van der Waals surface area contributed by atoms with E-state index in [-0.39, 0.29) is 0 Å². The van der Waals surface area contributed by atoms with Crippen molar-refractivity contribution in [2.75, 3.05) is 12.4 Å². The Kier molecular flexibility index (Phi) is 5.45. The summed E-state index contributed by atoms with van der Waals surface area (Å²) in [5, 5.41) is 4.48. The van der Waals surface area contributed by atoms with Crippen LogP contribution >= 0.6 is 0 Å². The van der Waals surface area contributed by atoms with Gasteiger partial charge in [-0.05, 0) is 60.2 Å². The Balaban J connectivity index is 1.34. The van der Waals surface area contributed by atoms with Crippen LogP contribution < -0.4 is 14.8 Å². The topological polar surface area (TPSA) is 59.2 Å². The van der Waals surface area contributed by atoms with E-state index in [1.54, 1.807) is 7.11 Å². The van der Waals surface area contributed by atoms with Gasteiger partial charge in [-0.25, -0.2) is 0 Å². The van der Waals surface area contributed by atoms with Crippen LogP contribution in [0.5, 0.6) is 11.5 Å². The highest BCUT2D eigenvalue weighted by Gasteiger charge is 2.07. The molecule has 158 valence electrons. The number of nitrogens with zero attached hydrogens (tertiary/aromatic N) is 1. The van der Waals surface area contributed by atoms with Crippen molar-refractivity contribution in [3.05, 3.63) is 103 Å². The van der Waals surface area contributed by atoms with Crippen molar-refractivity contribution in [1.29, 1.82) is 0 Å². The fraction of sp³-hybridized carbons (Fsp3) is 0.0741. The molecule has 0 unspecified atom stereocenters. The zero-order chi connectivity index (χ0) is 21.8. The van der Waals surface area contributed by atoms with Crippen molar-refractivity contribution in [3.8, 4) is 22.8 Å². The van der Waals surface area contributed by atoms with Crippen molar-refractivity contribution in [3.63, 3.8) is 0 Å². The normalized spacial score (nSPS) is 10.8. The summed E-state index contributed by atoms with van der Waals surface area (Å²) in [7, 11) is 1.66. The maximum atomic E-state index is 5.97. The molecule has 2 heterocycles. The third-order valence-corrected chi connectivity index (χ3v) is 5.27. The molecule has 0 atom stereocenters. The van der Waals surface area contributed by atoms with Gasteiger partial charge in [-0.2, -0.15) is 0 Å². The summed E-state index contributed by atoms with van der Waals surface area (Å²) < 4.78 is 11.2. The minimum Gasteiger partial charge on any atom is -0.497 e. The van der Waals surface area contributed by atoms with Gasteiger partial charge >= 0.3 is 0 Å². The molecular weight excluding hydrogens is 398 g/mol. The van der Waals surface area contributed by atoms with E-state index in [9.17, 15) is 0 Å². The van der Waals surface area contributed by atoms with Crippen LogP contribution in [0, 0.1) is 0 Å². The molecule has 0 aliphatic carbocycles. The maximum Gasteiger partial charge on any atom is 0.120 e. The van der Waals surface area contributed by atoms with E-state index in [1.807, 2.05) is 67.0 Å². The molecule has 0 saturated carbocycles. The Morgan fingerprint density at radius 2 is 1.62 bits per heavy atom. The molecule has 5 nitrogen and oxygen atoms in total. The fourth-order valence-corrected chi connectivity index (χ4v) is 3.59. The van der Waals surface area contributed by atoms with Gasteiger partial charge in [0.25, 0.3) is 0 Å². The van der Waals surface area contributed by atoms with E-state index in [0.717, 1.165) is 50.6 Å². The quantitative estimate of drug-likeness (QED) is 0.312. The molecule has 5 aromatic rings. The number of nitrogens with one attached hydrogen (secondary N) is 2. The number of ether oxygens (including phenoxy) is 2. The molecule has 0 fully saturated rings. The second-order valence-corrected chi connectivity index (χ2v) is 7.52. The number of methoxy groups -OCH3 is 1. The minimum atomic E-state index is 0.548. The highest BCUT2D eigenvalue weighted by atomic mass is 16.5. The molecule has 2 N–H and O–H groups in total. The Labute approximate surface area is 186 Å². The third-order valence-electron chi connectivity index (χ3n) is 5.27. The fourth-order valence-electron chi connectivity index (χ4n) is 3.59. The standard InChI is InChI=1S/C27H23N3O2/c1-31-24-9-7-22(8-10-24)29-23-13-21(16-28-17-23)27-15-20-14-25(11-12-26(20)30-27)32-18-19-5-3-2-4-6-19/h2-17,29-30H,18H2,1H3. The van der Waals surface area contributed by atoms with E-state index in [4.69, 9.17) is 9.47 Å². The van der Waals surface area contributed by atoms with Gasteiger partial charge in [0.1, 0.15) is 18.1 Å². The van der Waals surface area contributed by atoms with Crippen molar-refractivity contribution in [2.24, 2.45) is 0 Å². The van der Waals surface area contributed by atoms with Gasteiger partial charge in [-0.3, -0.25) is 4.98 Å². The van der Waals surface area contributed by atoms with Crippen molar-refractivity contribution in [2.45, 2.75) is 6.61 Å². The first kappa shape index (κ1) is 19.7. The molecule has 3 aromatic carbocycles. The van der Waals surface area contributed by atoms with Crippen LogP contribution in [-0.2, 0) is 6.61 Å². The summed E-state index contributed by atoms with van der Waals surface area (Å²) >= 11 is 0. The molecule has 0 amide bonds. The zero-order valence-electron chi connectivity index (χ0n) is 17.7. The summed E-state index contributed by atoms with van der Waals surface area (Å²) in [4.78, 5) is 7.89. The van der Waals surface area contributed by atoms with E-state index in [0.29, 0.717) is 6.61 Å². The van der Waals surface area contributed by atoms with Gasteiger partial charge in [0, 0.05) is 34.0 Å². The number of fused-ring (bicyclic) bond motifs is 1. The molecule has 32 heavy (non-hydrogen) atoms. The predicted octanol–water partition coefficient (Wildman–Crippen LogP) is 6.56. The number of aromatic amines is 1. The number of aromatic nitrogens is 2. The second kappa shape index (κ2) is 8.86. The number of hydrogen-bond donors (Lipinski definition) is 2. The maximum absolute atomic E-state index is 5.97. The number of rotatable bonds is 7. The Morgan fingerprint density at radius 3 is 2.44 bits per heavy atom. The summed E-state index contributed by atoms with van der Waals surface area (Å²) in [6, 6.07) is 28.3. The summed E-state index contributed by atoms with van der Waals surface area (Å²) in [5.41, 5.74) is 6.10. The second-order valence-electron chi connectivity index (χ2n) is 7.52. The highest BCUT2D eigenvalue weighted by molar-refractivity contribution is 5.87. The first-order valence-corrected chi connectivity index (χ1v) is 10.4. The van der Waals surface area contributed by atoms with Gasteiger partial charge in [0.15, 0.2) is 0 Å².